The van der Waals surface area contributed by atoms with Crippen molar-refractivity contribution in [3.8, 4) is 0 Å². The maximum atomic E-state index is 4.14. The zero-order valence-electron chi connectivity index (χ0n) is 9.60. The number of benzene rings is 1. The normalized spacial score (nSPS) is 14.9. The first-order valence-electron chi connectivity index (χ1n) is 5.89. The van der Waals surface area contributed by atoms with Crippen molar-refractivity contribution >= 4 is 22.7 Å². The molecule has 1 aromatic carbocycles. The van der Waals surface area contributed by atoms with Crippen LogP contribution in [-0.2, 0) is 6.54 Å². The van der Waals surface area contributed by atoms with Gasteiger partial charge >= 0.3 is 0 Å². The summed E-state index contributed by atoms with van der Waals surface area (Å²) in [4.78, 5) is 7.90. The molecule has 0 amide bonds. The van der Waals surface area contributed by atoms with Gasteiger partial charge in [0.2, 0.25) is 0 Å². The van der Waals surface area contributed by atoms with Crippen LogP contribution in [0.2, 0.25) is 0 Å². The van der Waals surface area contributed by atoms with Crippen molar-refractivity contribution in [1.82, 2.24) is 4.98 Å². The van der Waals surface area contributed by atoms with E-state index in [4.69, 9.17) is 0 Å². The van der Waals surface area contributed by atoms with Gasteiger partial charge in [-0.25, -0.2) is 0 Å². The van der Waals surface area contributed by atoms with Crippen LogP contribution in [0, 0.1) is 0 Å². The van der Waals surface area contributed by atoms with E-state index >= 15 is 0 Å². The summed E-state index contributed by atoms with van der Waals surface area (Å²) in [5.41, 5.74) is 4.45. The lowest BCUT2D eigenvalue weighted by Gasteiger charge is -2.23. The summed E-state index contributed by atoms with van der Waals surface area (Å²) in [5.74, 6) is 0. The molecule has 4 heteroatoms. The van der Waals surface area contributed by atoms with E-state index in [0.717, 1.165) is 19.6 Å². The predicted octanol–water partition coefficient (Wildman–Crippen LogP) is 2.97. The third kappa shape index (κ3) is 2.26. The minimum Gasteiger partial charge on any atom is -0.383 e. The van der Waals surface area contributed by atoms with E-state index in [1.165, 1.54) is 22.7 Å². The van der Waals surface area contributed by atoms with Crippen molar-refractivity contribution in [1.29, 1.82) is 0 Å². The minimum absolute atomic E-state index is 0.962. The number of aromatic nitrogens is 1. The Morgan fingerprint density at radius 3 is 3.18 bits per heavy atom. The smallest absolute Gasteiger partial charge is 0.0794 e. The fourth-order valence-corrected chi connectivity index (χ4v) is 2.79. The Morgan fingerprint density at radius 2 is 2.29 bits per heavy atom. The number of nitrogens with zero attached hydrogens (tertiary/aromatic N) is 2. The third-order valence-electron chi connectivity index (χ3n) is 3.00. The van der Waals surface area contributed by atoms with Gasteiger partial charge in [0.15, 0.2) is 0 Å². The third-order valence-corrected chi connectivity index (χ3v) is 3.76. The van der Waals surface area contributed by atoms with Crippen LogP contribution in [0.4, 0.5) is 11.4 Å². The van der Waals surface area contributed by atoms with E-state index in [1.54, 1.807) is 11.3 Å². The van der Waals surface area contributed by atoms with Crippen molar-refractivity contribution in [2.24, 2.45) is 0 Å². The second-order valence-corrected chi connectivity index (χ2v) is 5.16. The molecule has 17 heavy (non-hydrogen) atoms. The predicted molar refractivity (Wildman–Crippen MR) is 72.7 cm³/mol. The average Bonchev–Trinajstić information content (AvgIpc) is 2.78. The first kappa shape index (κ1) is 10.6. The maximum absolute atomic E-state index is 4.14. The van der Waals surface area contributed by atoms with E-state index in [2.05, 4.69) is 39.5 Å². The summed E-state index contributed by atoms with van der Waals surface area (Å²) >= 11 is 1.72. The van der Waals surface area contributed by atoms with E-state index in [9.17, 15) is 0 Å². The van der Waals surface area contributed by atoms with Crippen LogP contribution in [0.5, 0.6) is 0 Å². The number of fused-ring (bicyclic) bond motifs is 1. The molecule has 3 rings (SSSR count). The second kappa shape index (κ2) is 4.75. The summed E-state index contributed by atoms with van der Waals surface area (Å²) < 4.78 is 0. The zero-order valence-corrected chi connectivity index (χ0v) is 10.4. The summed E-state index contributed by atoms with van der Waals surface area (Å²) in [5, 5.41) is 3.48. The fourth-order valence-electron chi connectivity index (χ4n) is 2.18. The first-order valence-corrected chi connectivity index (χ1v) is 6.77. The van der Waals surface area contributed by atoms with Gasteiger partial charge in [-0.2, -0.15) is 0 Å². The van der Waals surface area contributed by atoms with Crippen LogP contribution in [-0.4, -0.2) is 18.1 Å². The van der Waals surface area contributed by atoms with E-state index in [-0.39, 0.29) is 0 Å². The Bertz CT molecular complexity index is 481. The van der Waals surface area contributed by atoms with Crippen LogP contribution in [0.25, 0.3) is 0 Å². The zero-order chi connectivity index (χ0) is 11.5. The highest BCUT2D eigenvalue weighted by Crippen LogP contribution is 2.29. The maximum Gasteiger partial charge on any atom is 0.0794 e. The van der Waals surface area contributed by atoms with Crippen LogP contribution >= 0.6 is 11.3 Å². The molecule has 0 saturated carbocycles. The lowest BCUT2D eigenvalue weighted by Crippen LogP contribution is -2.22. The molecule has 0 unspecified atom stereocenters. The summed E-state index contributed by atoms with van der Waals surface area (Å²) in [6, 6.07) is 8.53. The lowest BCUT2D eigenvalue weighted by molar-refractivity contribution is 0.769. The number of nitrogens with one attached hydrogen (secondary N) is 1. The van der Waals surface area contributed by atoms with Gasteiger partial charge in [-0.1, -0.05) is 12.1 Å². The molecule has 1 aliphatic heterocycles. The fraction of sp³-hybridized carbons (Fsp3) is 0.308. The molecule has 1 N–H and O–H groups in total. The molecule has 2 aromatic rings. The highest BCUT2D eigenvalue weighted by Gasteiger charge is 2.14. The van der Waals surface area contributed by atoms with Gasteiger partial charge < -0.3 is 10.2 Å². The molecule has 1 aromatic heterocycles. The molecule has 0 fully saturated rings. The quantitative estimate of drug-likeness (QED) is 0.881. The van der Waals surface area contributed by atoms with Gasteiger partial charge in [0.05, 0.1) is 23.4 Å². The van der Waals surface area contributed by atoms with E-state index in [1.807, 2.05) is 11.7 Å². The van der Waals surface area contributed by atoms with Gasteiger partial charge in [0.25, 0.3) is 0 Å². The summed E-state index contributed by atoms with van der Waals surface area (Å²) in [6.45, 7) is 3.11. The Balaban J connectivity index is 1.89. The Hall–Kier alpha value is -1.55. The topological polar surface area (TPSA) is 28.2 Å². The van der Waals surface area contributed by atoms with Crippen molar-refractivity contribution in [2.45, 2.75) is 13.0 Å². The average molecular weight is 245 g/mol. The molecule has 3 nitrogen and oxygen atoms in total. The number of hydrogen-bond donors (Lipinski definition) is 1. The van der Waals surface area contributed by atoms with Crippen molar-refractivity contribution in [3.63, 3.8) is 0 Å². The highest BCUT2D eigenvalue weighted by atomic mass is 32.1. The largest absolute Gasteiger partial charge is 0.383 e. The number of anilines is 2. The lowest BCUT2D eigenvalue weighted by atomic mass is 10.2. The first-order chi connectivity index (χ1) is 8.43. The molecule has 88 valence electrons. The van der Waals surface area contributed by atoms with Gasteiger partial charge in [-0.05, 0) is 18.6 Å². The summed E-state index contributed by atoms with van der Waals surface area (Å²) in [7, 11) is 0. The van der Waals surface area contributed by atoms with Gasteiger partial charge in [0.1, 0.15) is 0 Å². The van der Waals surface area contributed by atoms with Crippen LogP contribution in [0.1, 0.15) is 11.3 Å². The molecule has 0 radical (unpaired) electrons. The molecule has 1 aliphatic rings. The second-order valence-electron chi connectivity index (χ2n) is 4.19. The molecule has 0 bridgehead atoms. The van der Waals surface area contributed by atoms with Gasteiger partial charge in [0, 0.05) is 24.2 Å². The molecule has 0 spiro atoms. The highest BCUT2D eigenvalue weighted by molar-refractivity contribution is 7.09. The molecule has 0 aliphatic carbocycles. The monoisotopic (exact) mass is 245 g/mol. The molecule has 0 atom stereocenters. The molecule has 0 saturated heterocycles. The van der Waals surface area contributed by atoms with Gasteiger partial charge in [-0.3, -0.25) is 4.98 Å². The standard InChI is InChI=1S/C13H15N3S/c1-2-5-13-12(4-1)15-6-3-7-16(13)9-11-8-14-10-17-11/h1-2,4-5,8,10,15H,3,6-7,9H2. The van der Waals surface area contributed by atoms with Crippen LogP contribution < -0.4 is 10.2 Å². The molecular weight excluding hydrogens is 230 g/mol. The Labute approximate surface area is 105 Å². The molecule has 2 heterocycles. The van der Waals surface area contributed by atoms with Crippen molar-refractivity contribution in [2.75, 3.05) is 23.3 Å². The SMILES string of the molecule is c1ccc2c(c1)NCCCN2Cc1cncs1. The minimum atomic E-state index is 0.962. The van der Waals surface area contributed by atoms with E-state index < -0.39 is 0 Å². The van der Waals surface area contributed by atoms with E-state index in [0.29, 0.717) is 0 Å². The Morgan fingerprint density at radius 1 is 1.35 bits per heavy atom. The summed E-state index contributed by atoms with van der Waals surface area (Å²) in [6.07, 6.45) is 3.14. The number of thiazole rings is 1. The molecular formula is C13H15N3S. The van der Waals surface area contributed by atoms with Crippen molar-refractivity contribution < 1.29 is 0 Å². The van der Waals surface area contributed by atoms with Crippen LogP contribution in [0.3, 0.4) is 0 Å². The van der Waals surface area contributed by atoms with Gasteiger partial charge in [-0.15, -0.1) is 11.3 Å². The Kier molecular flexibility index (Phi) is 2.96. The number of rotatable bonds is 2. The van der Waals surface area contributed by atoms with Crippen LogP contribution in [0.15, 0.2) is 36.0 Å². The number of para-hydroxylation sites is 2. The number of hydrogen-bond acceptors (Lipinski definition) is 4. The van der Waals surface area contributed by atoms with Crippen molar-refractivity contribution in [3.05, 3.63) is 40.8 Å².